The molecule has 0 aliphatic heterocycles. The average molecular weight is 444 g/mol. The van der Waals surface area contributed by atoms with Crippen LogP contribution in [0.2, 0.25) is 0 Å². The van der Waals surface area contributed by atoms with Crippen LogP contribution in [0.3, 0.4) is 0 Å². The maximum Gasteiger partial charge on any atom is 0.389 e. The van der Waals surface area contributed by atoms with Crippen molar-refractivity contribution in [3.8, 4) is 11.3 Å². The third-order valence-corrected chi connectivity index (χ3v) is 4.98. The van der Waals surface area contributed by atoms with Gasteiger partial charge >= 0.3 is 12.1 Å². The van der Waals surface area contributed by atoms with Gasteiger partial charge in [0.25, 0.3) is 5.56 Å². The monoisotopic (exact) mass is 444 g/mol. The zero-order valence-corrected chi connectivity index (χ0v) is 17.8. The van der Waals surface area contributed by atoms with Crippen LogP contribution in [-0.4, -0.2) is 28.8 Å². The van der Waals surface area contributed by atoms with Gasteiger partial charge in [0, 0.05) is 24.5 Å². The van der Waals surface area contributed by atoms with E-state index in [1.54, 1.807) is 24.3 Å². The van der Waals surface area contributed by atoms with Gasteiger partial charge in [-0.2, -0.15) is 13.2 Å². The molecule has 2 aromatic carbocycles. The Bertz CT molecular complexity index is 1150. The normalized spacial score (nSPS) is 11.4. The number of esters is 1. The Morgan fingerprint density at radius 1 is 1.09 bits per heavy atom. The second-order valence-electron chi connectivity index (χ2n) is 7.51. The van der Waals surface area contributed by atoms with E-state index < -0.39 is 18.6 Å². The maximum absolute atomic E-state index is 12.9. The van der Waals surface area contributed by atoms with Crippen molar-refractivity contribution in [2.75, 3.05) is 7.11 Å². The van der Waals surface area contributed by atoms with E-state index in [4.69, 9.17) is 4.74 Å². The molecule has 0 radical (unpaired) electrons. The predicted octanol–water partition coefficient (Wildman–Crippen LogP) is 4.94. The van der Waals surface area contributed by atoms with Gasteiger partial charge in [-0.25, -0.2) is 9.78 Å². The zero-order valence-electron chi connectivity index (χ0n) is 17.8. The quantitative estimate of drug-likeness (QED) is 0.485. The van der Waals surface area contributed by atoms with Gasteiger partial charge in [0.05, 0.1) is 24.9 Å². The van der Waals surface area contributed by atoms with E-state index in [-0.39, 0.29) is 30.8 Å². The second kappa shape index (κ2) is 9.80. The summed E-state index contributed by atoms with van der Waals surface area (Å²) in [4.78, 5) is 29.3. The largest absolute Gasteiger partial charge is 0.465 e. The minimum Gasteiger partial charge on any atom is -0.465 e. The Hall–Kier alpha value is -3.42. The number of aromatic nitrogens is 2. The summed E-state index contributed by atoms with van der Waals surface area (Å²) in [6, 6.07) is 15.3. The van der Waals surface area contributed by atoms with Crippen LogP contribution in [0.1, 0.15) is 40.2 Å². The SMILES string of the molecule is COC(=O)c1cccc(Cn2c(CCCC(F)(F)F)nc(-c3ccc(C)cc3)cc2=O)c1. The molecule has 0 unspecified atom stereocenters. The molecular weight excluding hydrogens is 421 g/mol. The van der Waals surface area contributed by atoms with E-state index in [2.05, 4.69) is 4.98 Å². The second-order valence-corrected chi connectivity index (χ2v) is 7.51. The first kappa shape index (κ1) is 23.2. The molecule has 0 spiro atoms. The fraction of sp³-hybridized carbons (Fsp3) is 0.292. The van der Waals surface area contributed by atoms with Gasteiger partial charge in [-0.1, -0.05) is 42.0 Å². The van der Waals surface area contributed by atoms with Crippen LogP contribution in [0, 0.1) is 6.92 Å². The van der Waals surface area contributed by atoms with Crippen LogP contribution in [0.4, 0.5) is 13.2 Å². The summed E-state index contributed by atoms with van der Waals surface area (Å²) in [5.74, 6) is -0.252. The summed E-state index contributed by atoms with van der Waals surface area (Å²) in [5.41, 5.74) is 2.75. The molecule has 0 N–H and O–H groups in total. The van der Waals surface area contributed by atoms with Crippen LogP contribution >= 0.6 is 0 Å². The van der Waals surface area contributed by atoms with E-state index in [0.29, 0.717) is 22.4 Å². The summed E-state index contributed by atoms with van der Waals surface area (Å²) in [5, 5.41) is 0. The minimum atomic E-state index is -4.28. The topological polar surface area (TPSA) is 61.2 Å². The molecule has 3 rings (SSSR count). The van der Waals surface area contributed by atoms with Crippen LogP contribution in [0.5, 0.6) is 0 Å². The fourth-order valence-electron chi connectivity index (χ4n) is 3.33. The molecule has 5 nitrogen and oxygen atoms in total. The third kappa shape index (κ3) is 6.06. The number of nitrogens with zero attached hydrogens (tertiary/aromatic N) is 2. The summed E-state index contributed by atoms with van der Waals surface area (Å²) in [6.07, 6.45) is -5.44. The van der Waals surface area contributed by atoms with Gasteiger partial charge in [0.15, 0.2) is 0 Å². The number of benzene rings is 2. The number of alkyl halides is 3. The van der Waals surface area contributed by atoms with Crippen molar-refractivity contribution < 1.29 is 22.7 Å². The lowest BCUT2D eigenvalue weighted by Gasteiger charge is -2.15. The first-order chi connectivity index (χ1) is 15.2. The maximum atomic E-state index is 12.9. The van der Waals surface area contributed by atoms with Gasteiger partial charge in [0.1, 0.15) is 5.82 Å². The van der Waals surface area contributed by atoms with Crippen molar-refractivity contribution in [2.24, 2.45) is 0 Å². The highest BCUT2D eigenvalue weighted by molar-refractivity contribution is 5.89. The first-order valence-electron chi connectivity index (χ1n) is 10.1. The van der Waals surface area contributed by atoms with Gasteiger partial charge in [-0.3, -0.25) is 9.36 Å². The van der Waals surface area contributed by atoms with Crippen molar-refractivity contribution in [3.05, 3.63) is 87.5 Å². The molecule has 32 heavy (non-hydrogen) atoms. The van der Waals surface area contributed by atoms with E-state index in [1.807, 2.05) is 31.2 Å². The molecule has 168 valence electrons. The number of carbonyl (C=O) groups excluding carboxylic acids is 1. The molecule has 0 saturated carbocycles. The van der Waals surface area contributed by atoms with Crippen molar-refractivity contribution in [3.63, 3.8) is 0 Å². The molecule has 0 aliphatic carbocycles. The highest BCUT2D eigenvalue weighted by Crippen LogP contribution is 2.23. The van der Waals surface area contributed by atoms with Gasteiger partial charge in [-0.15, -0.1) is 0 Å². The highest BCUT2D eigenvalue weighted by atomic mass is 19.4. The summed E-state index contributed by atoms with van der Waals surface area (Å²) >= 11 is 0. The molecule has 0 atom stereocenters. The minimum absolute atomic E-state index is 0.00879. The van der Waals surface area contributed by atoms with Crippen molar-refractivity contribution in [2.45, 2.75) is 38.9 Å². The Labute approximate surface area is 183 Å². The highest BCUT2D eigenvalue weighted by Gasteiger charge is 2.26. The van der Waals surface area contributed by atoms with Crippen LogP contribution in [0.25, 0.3) is 11.3 Å². The summed E-state index contributed by atoms with van der Waals surface area (Å²) in [7, 11) is 1.27. The van der Waals surface area contributed by atoms with Gasteiger partial charge in [-0.05, 0) is 31.0 Å². The Balaban J connectivity index is 1.99. The molecule has 1 aromatic heterocycles. The van der Waals surface area contributed by atoms with Crippen molar-refractivity contribution in [1.82, 2.24) is 9.55 Å². The Morgan fingerprint density at radius 2 is 1.81 bits per heavy atom. The van der Waals surface area contributed by atoms with Crippen LogP contribution in [-0.2, 0) is 17.7 Å². The molecule has 3 aromatic rings. The smallest absolute Gasteiger partial charge is 0.389 e. The number of hydrogen-bond acceptors (Lipinski definition) is 4. The number of methoxy groups -OCH3 is 1. The van der Waals surface area contributed by atoms with Crippen molar-refractivity contribution in [1.29, 1.82) is 0 Å². The molecular formula is C24H23F3N2O3. The molecule has 1 heterocycles. The predicted molar refractivity (Wildman–Crippen MR) is 115 cm³/mol. The van der Waals surface area contributed by atoms with E-state index in [9.17, 15) is 22.8 Å². The summed E-state index contributed by atoms with van der Waals surface area (Å²) < 4.78 is 44.1. The molecule has 8 heteroatoms. The Kier molecular flexibility index (Phi) is 7.12. The van der Waals surface area contributed by atoms with E-state index in [0.717, 1.165) is 5.56 Å². The lowest BCUT2D eigenvalue weighted by molar-refractivity contribution is -0.135. The average Bonchev–Trinajstić information content (AvgIpc) is 2.75. The number of hydrogen-bond donors (Lipinski definition) is 0. The van der Waals surface area contributed by atoms with Crippen molar-refractivity contribution >= 4 is 5.97 Å². The number of halogens is 3. The number of ether oxygens (including phenoxy) is 1. The number of aryl methyl sites for hydroxylation is 2. The van der Waals surface area contributed by atoms with E-state index in [1.165, 1.54) is 17.7 Å². The van der Waals surface area contributed by atoms with Gasteiger partial charge in [0.2, 0.25) is 0 Å². The molecule has 0 aliphatic rings. The summed E-state index contributed by atoms with van der Waals surface area (Å²) in [6.45, 7) is 2.01. The molecule has 0 bridgehead atoms. The molecule has 0 fully saturated rings. The standard InChI is InChI=1S/C24H23F3N2O3/c1-16-8-10-18(11-9-16)20-14-22(30)29(21(28-20)7-4-12-24(25,26)27)15-17-5-3-6-19(13-17)23(31)32-2/h3,5-6,8-11,13-14H,4,7,12,15H2,1-2H3. The van der Waals surface area contributed by atoms with Gasteiger partial charge < -0.3 is 4.74 Å². The lowest BCUT2D eigenvalue weighted by Crippen LogP contribution is -2.26. The van der Waals surface area contributed by atoms with Crippen LogP contribution < -0.4 is 5.56 Å². The van der Waals surface area contributed by atoms with Crippen LogP contribution in [0.15, 0.2) is 59.4 Å². The lowest BCUT2D eigenvalue weighted by atomic mass is 10.1. The Morgan fingerprint density at radius 3 is 2.47 bits per heavy atom. The zero-order chi connectivity index (χ0) is 23.3. The number of rotatable bonds is 7. The van der Waals surface area contributed by atoms with E-state index >= 15 is 0 Å². The molecule has 0 saturated heterocycles. The molecule has 0 amide bonds. The fourth-order valence-corrected chi connectivity index (χ4v) is 3.33. The number of carbonyl (C=O) groups is 1. The first-order valence-corrected chi connectivity index (χ1v) is 10.1. The third-order valence-electron chi connectivity index (χ3n) is 4.98.